The van der Waals surface area contributed by atoms with Crippen LogP contribution in [0.25, 0.3) is 0 Å². The Hall–Kier alpha value is -2.90. The number of aliphatic hydroxyl groups excluding tert-OH is 2. The van der Waals surface area contributed by atoms with E-state index in [-0.39, 0.29) is 24.7 Å². The quantitative estimate of drug-likeness (QED) is 0.383. The Balaban J connectivity index is 2.09. The predicted molar refractivity (Wildman–Crippen MR) is 98.9 cm³/mol. The minimum absolute atomic E-state index is 0.0845. The summed E-state index contributed by atoms with van der Waals surface area (Å²) in [6.07, 6.45) is 0. The van der Waals surface area contributed by atoms with Crippen LogP contribution in [0.5, 0.6) is 5.75 Å². The highest BCUT2D eigenvalue weighted by Gasteiger charge is 2.13. The van der Waals surface area contributed by atoms with Gasteiger partial charge in [0.2, 0.25) is 0 Å². The van der Waals surface area contributed by atoms with E-state index in [0.29, 0.717) is 22.1 Å². The van der Waals surface area contributed by atoms with Gasteiger partial charge in [0.1, 0.15) is 23.8 Å². The smallest absolute Gasteiger partial charge is 0.279 e. The van der Waals surface area contributed by atoms with Crippen LogP contribution in [-0.4, -0.2) is 29.3 Å². The van der Waals surface area contributed by atoms with Crippen molar-refractivity contribution in [2.45, 2.75) is 6.92 Å². The lowest BCUT2D eigenvalue weighted by Gasteiger charge is -2.08. The Morgan fingerprint density at radius 3 is 2.50 bits per heavy atom. The van der Waals surface area contributed by atoms with Crippen LogP contribution in [0, 0.1) is 0 Å². The number of nitrogens with one attached hydrogen (secondary N) is 1. The van der Waals surface area contributed by atoms with Crippen LogP contribution in [0.3, 0.4) is 0 Å². The first kappa shape index (κ1) is 19.4. The number of carbonyl (C=O) groups excluding carboxylic acids is 1. The molecule has 0 unspecified atom stereocenters. The summed E-state index contributed by atoms with van der Waals surface area (Å²) in [5.41, 5.74) is 0.634. The van der Waals surface area contributed by atoms with Crippen molar-refractivity contribution >= 4 is 28.9 Å². The van der Waals surface area contributed by atoms with Crippen molar-refractivity contribution in [1.82, 2.24) is 0 Å². The van der Waals surface area contributed by atoms with E-state index in [4.69, 9.17) is 21.4 Å². The van der Waals surface area contributed by atoms with Crippen molar-refractivity contribution in [2.75, 3.05) is 18.5 Å². The van der Waals surface area contributed by atoms with Gasteiger partial charge in [0.05, 0.1) is 11.6 Å². The third-order valence-corrected chi connectivity index (χ3v) is 3.46. The standard InChI is InChI=1S/C18H18ClN3O4/c1-12(24)17(22-21-16-5-3-2-4-15(16)19)18(25)20-13-6-8-14(9-7-13)26-11-10-23/h2-9,23-24H,10-11H2,1H3,(H,20,25). The third-order valence-electron chi connectivity index (χ3n) is 3.14. The lowest BCUT2D eigenvalue weighted by atomic mass is 10.3. The van der Waals surface area contributed by atoms with Crippen LogP contribution < -0.4 is 10.1 Å². The van der Waals surface area contributed by atoms with Crippen LogP contribution in [0.15, 0.2) is 70.2 Å². The Morgan fingerprint density at radius 1 is 1.19 bits per heavy atom. The van der Waals surface area contributed by atoms with Gasteiger partial charge in [-0.25, -0.2) is 0 Å². The summed E-state index contributed by atoms with van der Waals surface area (Å²) < 4.78 is 5.24. The molecule has 136 valence electrons. The summed E-state index contributed by atoms with van der Waals surface area (Å²) >= 11 is 5.99. The molecule has 0 saturated carbocycles. The number of aliphatic hydroxyl groups is 2. The van der Waals surface area contributed by atoms with E-state index in [1.807, 2.05) is 0 Å². The molecule has 8 heteroatoms. The molecule has 0 aromatic heterocycles. The van der Waals surface area contributed by atoms with Crippen LogP contribution in [0.2, 0.25) is 5.02 Å². The molecule has 0 radical (unpaired) electrons. The fourth-order valence-corrected chi connectivity index (χ4v) is 2.08. The largest absolute Gasteiger partial charge is 0.510 e. The van der Waals surface area contributed by atoms with Gasteiger partial charge in [-0.3, -0.25) is 4.79 Å². The summed E-state index contributed by atoms with van der Waals surface area (Å²) in [5.74, 6) is -0.337. The highest BCUT2D eigenvalue weighted by Crippen LogP contribution is 2.25. The number of anilines is 1. The number of halogens is 1. The zero-order valence-electron chi connectivity index (χ0n) is 14.0. The number of rotatable bonds is 7. The Labute approximate surface area is 155 Å². The van der Waals surface area contributed by atoms with E-state index in [2.05, 4.69) is 15.5 Å². The van der Waals surface area contributed by atoms with Crippen molar-refractivity contribution in [3.05, 3.63) is 65.0 Å². The molecule has 0 aliphatic carbocycles. The summed E-state index contributed by atoms with van der Waals surface area (Å²) in [6, 6.07) is 13.3. The topological polar surface area (TPSA) is 104 Å². The maximum Gasteiger partial charge on any atom is 0.279 e. The maximum atomic E-state index is 12.3. The number of allylic oxidation sites excluding steroid dienone is 1. The van der Waals surface area contributed by atoms with Crippen molar-refractivity contribution < 1.29 is 19.7 Å². The van der Waals surface area contributed by atoms with E-state index >= 15 is 0 Å². The van der Waals surface area contributed by atoms with Crippen LogP contribution in [0.1, 0.15) is 6.92 Å². The second-order valence-corrected chi connectivity index (χ2v) is 5.54. The number of nitrogens with zero attached hydrogens (tertiary/aromatic N) is 2. The van der Waals surface area contributed by atoms with E-state index < -0.39 is 5.91 Å². The average molecular weight is 376 g/mol. The van der Waals surface area contributed by atoms with Crippen LogP contribution >= 0.6 is 11.6 Å². The molecule has 0 saturated heterocycles. The van der Waals surface area contributed by atoms with Gasteiger partial charge in [-0.2, -0.15) is 0 Å². The summed E-state index contributed by atoms with van der Waals surface area (Å²) in [6.45, 7) is 1.44. The second-order valence-electron chi connectivity index (χ2n) is 5.14. The number of benzene rings is 2. The van der Waals surface area contributed by atoms with Gasteiger partial charge in [-0.1, -0.05) is 23.7 Å². The van der Waals surface area contributed by atoms with E-state index in [1.54, 1.807) is 48.5 Å². The molecule has 1 amide bonds. The molecule has 0 atom stereocenters. The monoisotopic (exact) mass is 375 g/mol. The number of ether oxygens (including phenoxy) is 1. The summed E-state index contributed by atoms with van der Waals surface area (Å²) in [5, 5.41) is 29.2. The highest BCUT2D eigenvalue weighted by molar-refractivity contribution is 6.32. The first-order valence-corrected chi connectivity index (χ1v) is 8.10. The molecule has 0 bridgehead atoms. The van der Waals surface area contributed by atoms with Gasteiger partial charge in [-0.05, 0) is 43.3 Å². The van der Waals surface area contributed by atoms with E-state index in [1.165, 1.54) is 6.92 Å². The number of azo groups is 1. The van der Waals surface area contributed by atoms with Crippen molar-refractivity contribution in [3.8, 4) is 5.75 Å². The number of amides is 1. The first-order chi connectivity index (χ1) is 12.5. The van der Waals surface area contributed by atoms with Gasteiger partial charge in [-0.15, -0.1) is 10.2 Å². The number of carbonyl (C=O) groups is 1. The Bertz CT molecular complexity index is 815. The zero-order chi connectivity index (χ0) is 18.9. The average Bonchev–Trinajstić information content (AvgIpc) is 2.62. The highest BCUT2D eigenvalue weighted by atomic mass is 35.5. The zero-order valence-corrected chi connectivity index (χ0v) is 14.8. The number of hydrogen-bond acceptors (Lipinski definition) is 6. The predicted octanol–water partition coefficient (Wildman–Crippen LogP) is 4.22. The molecule has 26 heavy (non-hydrogen) atoms. The van der Waals surface area contributed by atoms with E-state index in [0.717, 1.165) is 0 Å². The van der Waals surface area contributed by atoms with Crippen LogP contribution in [0.4, 0.5) is 11.4 Å². The summed E-state index contributed by atoms with van der Waals surface area (Å²) in [7, 11) is 0. The molecular formula is C18H18ClN3O4. The molecule has 0 fully saturated rings. The Kier molecular flexibility index (Phi) is 7.13. The first-order valence-electron chi connectivity index (χ1n) is 7.72. The molecule has 0 heterocycles. The molecule has 2 aromatic carbocycles. The van der Waals surface area contributed by atoms with Gasteiger partial charge >= 0.3 is 0 Å². The number of hydrogen-bond donors (Lipinski definition) is 3. The molecule has 2 aromatic rings. The van der Waals surface area contributed by atoms with Gasteiger partial charge < -0.3 is 20.3 Å². The lowest BCUT2D eigenvalue weighted by Crippen LogP contribution is -2.14. The van der Waals surface area contributed by atoms with Gasteiger partial charge in [0.15, 0.2) is 5.70 Å². The fourth-order valence-electron chi connectivity index (χ4n) is 1.91. The fraction of sp³-hybridized carbons (Fsp3) is 0.167. The Morgan fingerprint density at radius 2 is 1.88 bits per heavy atom. The van der Waals surface area contributed by atoms with Crippen molar-refractivity contribution in [3.63, 3.8) is 0 Å². The molecule has 7 nitrogen and oxygen atoms in total. The minimum atomic E-state index is -0.621. The lowest BCUT2D eigenvalue weighted by molar-refractivity contribution is -0.113. The SMILES string of the molecule is CC(O)=C(N=Nc1ccccc1Cl)C(=O)Nc1ccc(OCCO)cc1. The molecule has 2 rings (SSSR count). The van der Waals surface area contributed by atoms with E-state index in [9.17, 15) is 9.90 Å². The molecule has 0 aliphatic rings. The third kappa shape index (κ3) is 5.58. The van der Waals surface area contributed by atoms with Gasteiger partial charge in [0, 0.05) is 5.69 Å². The maximum absolute atomic E-state index is 12.3. The molecular weight excluding hydrogens is 358 g/mol. The van der Waals surface area contributed by atoms with Crippen molar-refractivity contribution in [2.24, 2.45) is 10.2 Å². The van der Waals surface area contributed by atoms with Gasteiger partial charge in [0.25, 0.3) is 5.91 Å². The second kappa shape index (κ2) is 9.55. The molecule has 0 aliphatic heterocycles. The minimum Gasteiger partial charge on any atom is -0.510 e. The summed E-state index contributed by atoms with van der Waals surface area (Å²) in [4.78, 5) is 12.3. The molecule has 3 N–H and O–H groups in total. The normalized spacial score (nSPS) is 12.0. The van der Waals surface area contributed by atoms with Crippen molar-refractivity contribution in [1.29, 1.82) is 0 Å². The van der Waals surface area contributed by atoms with Crippen LogP contribution in [-0.2, 0) is 4.79 Å². The molecule has 0 spiro atoms.